The molecule has 0 saturated heterocycles. The number of phenols is 2. The summed E-state index contributed by atoms with van der Waals surface area (Å²) < 4.78 is 23.5. The van der Waals surface area contributed by atoms with Gasteiger partial charge in [0.05, 0.1) is 43.6 Å². The molecule has 5 aromatic rings. The zero-order chi connectivity index (χ0) is 45.1. The molecule has 0 aliphatic carbocycles. The fourth-order valence-corrected chi connectivity index (χ4v) is 5.78. The van der Waals surface area contributed by atoms with Crippen molar-refractivity contribution in [3.05, 3.63) is 136 Å². The van der Waals surface area contributed by atoms with Gasteiger partial charge in [-0.05, 0) is 103 Å². The van der Waals surface area contributed by atoms with Crippen LogP contribution in [-0.2, 0) is 9.59 Å². The number of ether oxygens (including phenoxy) is 2. The second-order valence-corrected chi connectivity index (χ2v) is 13.2. The number of hydrogen-bond acceptors (Lipinski definition) is 11. The zero-order valence-corrected chi connectivity index (χ0v) is 33.0. The van der Waals surface area contributed by atoms with Crippen LogP contribution in [0.3, 0.4) is 0 Å². The van der Waals surface area contributed by atoms with Gasteiger partial charge in [0, 0.05) is 28.1 Å². The van der Waals surface area contributed by atoms with Gasteiger partial charge in [-0.25, -0.2) is 9.18 Å². The molecule has 0 unspecified atom stereocenters. The van der Waals surface area contributed by atoms with Crippen LogP contribution in [0.5, 0.6) is 23.0 Å². The van der Waals surface area contributed by atoms with Gasteiger partial charge in [-0.2, -0.15) is 5.26 Å². The molecule has 17 nitrogen and oxygen atoms in total. The minimum absolute atomic E-state index is 0.0230. The number of carbonyl (C=O) groups excluding carboxylic acids is 5. The molecule has 0 fully saturated rings. The van der Waals surface area contributed by atoms with Gasteiger partial charge in [-0.3, -0.25) is 24.0 Å². The molecular formula is C44H37FN6O11. The number of hydrogen-bond donors (Lipinski definition) is 8. The van der Waals surface area contributed by atoms with E-state index in [9.17, 15) is 53.7 Å². The van der Waals surface area contributed by atoms with Gasteiger partial charge in [0.2, 0.25) is 5.91 Å². The molecule has 5 rings (SSSR count). The first-order chi connectivity index (χ1) is 29.6. The average Bonchev–Trinajstić information content (AvgIpc) is 3.24. The summed E-state index contributed by atoms with van der Waals surface area (Å²) in [5.74, 6) is -7.19. The first-order valence-electron chi connectivity index (χ1n) is 18.2. The Morgan fingerprint density at radius 2 is 1.18 bits per heavy atom. The molecule has 0 heterocycles. The summed E-state index contributed by atoms with van der Waals surface area (Å²) in [5, 5.41) is 52.6. The van der Waals surface area contributed by atoms with Gasteiger partial charge in [-0.15, -0.1) is 0 Å². The monoisotopic (exact) mass is 844 g/mol. The van der Waals surface area contributed by atoms with Crippen LogP contribution in [0.2, 0.25) is 0 Å². The van der Waals surface area contributed by atoms with Crippen molar-refractivity contribution in [2.24, 2.45) is 0 Å². The van der Waals surface area contributed by atoms with E-state index in [-0.39, 0.29) is 51.7 Å². The maximum absolute atomic E-state index is 13.2. The molecule has 5 aromatic carbocycles. The number of nitrogens with zero attached hydrogens (tertiary/aromatic N) is 1. The molecule has 0 spiro atoms. The van der Waals surface area contributed by atoms with E-state index in [4.69, 9.17) is 9.47 Å². The Morgan fingerprint density at radius 3 is 1.71 bits per heavy atom. The fraction of sp³-hybridized carbons (Fsp3) is 0.114. The van der Waals surface area contributed by atoms with Crippen LogP contribution in [0.4, 0.5) is 27.1 Å². The minimum Gasteiger partial charge on any atom is -0.504 e. The smallest absolute Gasteiger partial charge is 0.339 e. The molecule has 316 valence electrons. The van der Waals surface area contributed by atoms with Crippen molar-refractivity contribution in [1.82, 2.24) is 5.32 Å². The van der Waals surface area contributed by atoms with Crippen LogP contribution in [0.25, 0.3) is 6.08 Å². The van der Waals surface area contributed by atoms with E-state index < -0.39 is 64.4 Å². The molecule has 62 heavy (non-hydrogen) atoms. The second kappa shape index (κ2) is 19.8. The second-order valence-electron chi connectivity index (χ2n) is 13.2. The number of nitrogens with one attached hydrogen (secondary N) is 5. The van der Waals surface area contributed by atoms with Gasteiger partial charge >= 0.3 is 5.97 Å². The van der Waals surface area contributed by atoms with E-state index in [2.05, 4.69) is 26.6 Å². The summed E-state index contributed by atoms with van der Waals surface area (Å²) in [7, 11) is 2.35. The van der Waals surface area contributed by atoms with E-state index in [1.54, 1.807) is 13.0 Å². The zero-order valence-electron chi connectivity index (χ0n) is 33.0. The highest BCUT2D eigenvalue weighted by molar-refractivity contribution is 6.11. The average molecular weight is 845 g/mol. The molecule has 0 aliphatic heterocycles. The first-order valence-corrected chi connectivity index (χ1v) is 18.2. The summed E-state index contributed by atoms with van der Waals surface area (Å²) in [6, 6.07) is 22.3. The lowest BCUT2D eigenvalue weighted by atomic mass is 10.1. The molecule has 5 amide bonds. The van der Waals surface area contributed by atoms with Crippen LogP contribution >= 0.6 is 0 Å². The number of benzene rings is 5. The van der Waals surface area contributed by atoms with E-state index in [1.807, 2.05) is 6.07 Å². The van der Waals surface area contributed by atoms with Crippen LogP contribution in [0.15, 0.2) is 103 Å². The summed E-state index contributed by atoms with van der Waals surface area (Å²) >= 11 is 0. The number of anilines is 4. The van der Waals surface area contributed by atoms with Gasteiger partial charge in [0.1, 0.15) is 17.4 Å². The maximum atomic E-state index is 13.2. The Balaban J connectivity index is 1.18. The fourth-order valence-electron chi connectivity index (χ4n) is 5.78. The number of carbonyl (C=O) groups is 6. The molecule has 8 N–H and O–H groups in total. The van der Waals surface area contributed by atoms with Gasteiger partial charge in [0.25, 0.3) is 23.6 Å². The number of carboxylic acid groups (broad SMARTS) is 1. The highest BCUT2D eigenvalue weighted by Gasteiger charge is 2.25. The summed E-state index contributed by atoms with van der Waals surface area (Å²) in [5.41, 5.74) is 0.939. The molecule has 18 heteroatoms. The van der Waals surface area contributed by atoms with E-state index in [0.717, 1.165) is 13.2 Å². The van der Waals surface area contributed by atoms with Crippen molar-refractivity contribution in [2.75, 3.05) is 35.5 Å². The highest BCUT2D eigenvalue weighted by Crippen LogP contribution is 2.40. The van der Waals surface area contributed by atoms with Crippen LogP contribution in [0.1, 0.15) is 60.3 Å². The van der Waals surface area contributed by atoms with Gasteiger partial charge in [0.15, 0.2) is 23.0 Å². The van der Waals surface area contributed by atoms with Crippen molar-refractivity contribution in [3.8, 4) is 29.1 Å². The van der Waals surface area contributed by atoms with Crippen molar-refractivity contribution in [1.29, 1.82) is 5.26 Å². The molecule has 0 aliphatic rings. The number of methoxy groups -OCH3 is 2. The number of halogens is 1. The Kier molecular flexibility index (Phi) is 14.2. The summed E-state index contributed by atoms with van der Waals surface area (Å²) in [6.45, 7) is 1.59. The third-order valence-corrected chi connectivity index (χ3v) is 8.99. The predicted octanol–water partition coefficient (Wildman–Crippen LogP) is 6.15. The summed E-state index contributed by atoms with van der Waals surface area (Å²) in [4.78, 5) is 76.5. The van der Waals surface area contributed by atoms with Crippen LogP contribution in [-0.4, -0.2) is 71.1 Å². The number of amides is 5. The van der Waals surface area contributed by atoms with Gasteiger partial charge < -0.3 is 51.4 Å². The normalized spacial score (nSPS) is 11.2. The third-order valence-electron chi connectivity index (χ3n) is 8.99. The van der Waals surface area contributed by atoms with E-state index in [0.29, 0.717) is 16.8 Å². The Morgan fingerprint density at radius 1 is 0.677 bits per heavy atom. The molecule has 0 saturated carbocycles. The lowest BCUT2D eigenvalue weighted by Gasteiger charge is -2.17. The number of aromatic carboxylic acids is 1. The van der Waals surface area contributed by atoms with Crippen molar-refractivity contribution in [2.45, 2.75) is 19.4 Å². The Labute approximate surface area is 352 Å². The largest absolute Gasteiger partial charge is 0.504 e. The predicted molar refractivity (Wildman–Crippen MR) is 224 cm³/mol. The summed E-state index contributed by atoms with van der Waals surface area (Å²) in [6.07, 6.45) is 1.21. The van der Waals surface area contributed by atoms with Crippen LogP contribution < -0.4 is 36.1 Å². The topological polar surface area (TPSA) is 266 Å². The van der Waals surface area contributed by atoms with Crippen molar-refractivity contribution >= 4 is 64.3 Å². The maximum Gasteiger partial charge on any atom is 0.339 e. The molecule has 1 atom stereocenters. The number of rotatable bonds is 15. The number of aromatic hydroxyl groups is 2. The minimum atomic E-state index is -1.43. The lowest BCUT2D eigenvalue weighted by molar-refractivity contribution is -0.118. The Hall–Kier alpha value is -8.72. The van der Waals surface area contributed by atoms with Gasteiger partial charge in [-0.1, -0.05) is 12.1 Å². The molecule has 0 aromatic heterocycles. The Bertz CT molecular complexity index is 2620. The van der Waals surface area contributed by atoms with Crippen molar-refractivity contribution < 1.29 is 58.0 Å². The number of carboxylic acids is 1. The lowest BCUT2D eigenvalue weighted by Crippen LogP contribution is -2.43. The SMILES string of the molecule is COc1c(NC(=O)c2ccc(NC(=O)c3ccc(NC(=O)[C@H](CC#N)NC(=O)c4ccc(NC(=O)/C(C)=C/c5ccc(F)cc5)cc4)cc3)c(OC)c2O)ccc(C(=O)O)c1O. The van der Waals surface area contributed by atoms with Crippen LogP contribution in [0, 0.1) is 17.1 Å². The van der Waals surface area contributed by atoms with E-state index in [1.165, 1.54) is 98.1 Å². The standard InChI is InChI=1S/C44H37FN6O11/c1-23(22-24-4-10-27(45)11-5-24)39(54)47-28-12-6-26(7-13-28)41(56)51-34(20-21-46)43(58)48-29-14-8-25(9-15-29)40(55)49-32-18-16-30(35(52)37(32)61-2)42(57)50-33-19-17-31(44(59)60)36(53)38(33)62-3/h4-19,22,34,52-53H,20H2,1-3H3,(H,47,54)(H,48,58)(H,49,55)(H,50,57)(H,51,56)(H,59,60)/b23-22+/t34-/m0/s1. The number of phenolic OH excluding ortho intramolecular Hbond substituents is 1. The number of nitriles is 1. The van der Waals surface area contributed by atoms with Crippen molar-refractivity contribution in [3.63, 3.8) is 0 Å². The molecular weight excluding hydrogens is 808 g/mol. The molecule has 0 bridgehead atoms. The molecule has 0 radical (unpaired) electrons. The third kappa shape index (κ3) is 10.7. The first kappa shape index (κ1) is 44.4. The van der Waals surface area contributed by atoms with E-state index >= 15 is 0 Å². The quantitative estimate of drug-likeness (QED) is 0.0552. The highest BCUT2D eigenvalue weighted by atomic mass is 19.1.